The highest BCUT2D eigenvalue weighted by atomic mass is 19.1. The monoisotopic (exact) mass is 370 g/mol. The smallest absolute Gasteiger partial charge is 0.234 e. The number of rotatable bonds is 6. The van der Waals surface area contributed by atoms with Gasteiger partial charge in [-0.2, -0.15) is 5.26 Å². The second-order valence-corrected chi connectivity index (χ2v) is 7.25. The van der Waals surface area contributed by atoms with Crippen LogP contribution in [0.15, 0.2) is 29.8 Å². The van der Waals surface area contributed by atoms with Crippen molar-refractivity contribution in [3.05, 3.63) is 41.2 Å². The van der Waals surface area contributed by atoms with E-state index in [-0.39, 0.29) is 11.7 Å². The van der Waals surface area contributed by atoms with Gasteiger partial charge >= 0.3 is 0 Å². The molecular formula is C21H27FN4O. The highest BCUT2D eigenvalue weighted by molar-refractivity contribution is 5.78. The molecule has 0 saturated carbocycles. The third kappa shape index (κ3) is 5.54. The van der Waals surface area contributed by atoms with Gasteiger partial charge in [0, 0.05) is 32.7 Å². The number of benzene rings is 1. The van der Waals surface area contributed by atoms with Crippen molar-refractivity contribution in [2.24, 2.45) is 0 Å². The number of hydrogen-bond donors (Lipinski definition) is 1. The van der Waals surface area contributed by atoms with E-state index in [1.54, 1.807) is 12.1 Å². The zero-order valence-corrected chi connectivity index (χ0v) is 15.7. The van der Waals surface area contributed by atoms with Gasteiger partial charge in [-0.05, 0) is 50.3 Å². The van der Waals surface area contributed by atoms with E-state index in [1.807, 2.05) is 11.0 Å². The van der Waals surface area contributed by atoms with Crippen molar-refractivity contribution < 1.29 is 9.18 Å². The summed E-state index contributed by atoms with van der Waals surface area (Å²) >= 11 is 0. The molecule has 144 valence electrons. The van der Waals surface area contributed by atoms with Crippen LogP contribution in [-0.4, -0.2) is 50.1 Å². The minimum Gasteiger partial charge on any atom is -0.367 e. The number of carbonyl (C=O) groups excluding carboxylic acids is 1. The molecule has 1 aromatic rings. The van der Waals surface area contributed by atoms with Crippen LogP contribution in [0, 0.1) is 17.1 Å². The fraction of sp³-hybridized carbons (Fsp3) is 0.524. The van der Waals surface area contributed by atoms with Crippen molar-refractivity contribution in [1.29, 1.82) is 5.26 Å². The van der Waals surface area contributed by atoms with Gasteiger partial charge in [0.1, 0.15) is 5.82 Å². The summed E-state index contributed by atoms with van der Waals surface area (Å²) < 4.78 is 14.1. The lowest BCUT2D eigenvalue weighted by Crippen LogP contribution is -2.49. The second-order valence-electron chi connectivity index (χ2n) is 7.25. The predicted octanol–water partition coefficient (Wildman–Crippen LogP) is 2.83. The van der Waals surface area contributed by atoms with Gasteiger partial charge in [0.2, 0.25) is 5.91 Å². The van der Waals surface area contributed by atoms with Gasteiger partial charge in [0.15, 0.2) is 0 Å². The molecule has 3 rings (SSSR count). The maximum absolute atomic E-state index is 14.1. The van der Waals surface area contributed by atoms with E-state index < -0.39 is 0 Å². The van der Waals surface area contributed by atoms with Crippen LogP contribution in [0.2, 0.25) is 0 Å². The molecule has 1 N–H and O–H groups in total. The minimum absolute atomic E-state index is 0.0596. The molecule has 5 nitrogen and oxygen atoms in total. The Morgan fingerprint density at radius 2 is 2.04 bits per heavy atom. The van der Waals surface area contributed by atoms with Crippen molar-refractivity contribution in [3.8, 4) is 6.07 Å². The van der Waals surface area contributed by atoms with Crippen molar-refractivity contribution in [2.45, 2.75) is 32.1 Å². The molecule has 0 atom stereocenters. The number of amides is 1. The molecule has 6 heteroatoms. The normalized spacial score (nSPS) is 17.9. The summed E-state index contributed by atoms with van der Waals surface area (Å²) in [6, 6.07) is 6.53. The van der Waals surface area contributed by atoms with Crippen LogP contribution < -0.4 is 10.2 Å². The number of allylic oxidation sites excluding steroid dienone is 1. The molecule has 1 saturated heterocycles. The zero-order chi connectivity index (χ0) is 19.1. The molecule has 27 heavy (non-hydrogen) atoms. The molecule has 0 aromatic heterocycles. The highest BCUT2D eigenvalue weighted by Gasteiger charge is 2.21. The molecule has 1 heterocycles. The number of hydrogen-bond acceptors (Lipinski definition) is 4. The predicted molar refractivity (Wildman–Crippen MR) is 104 cm³/mol. The van der Waals surface area contributed by atoms with Gasteiger partial charge in [-0.25, -0.2) is 4.39 Å². The van der Waals surface area contributed by atoms with E-state index in [2.05, 4.69) is 16.3 Å². The third-order valence-corrected chi connectivity index (χ3v) is 5.31. The Morgan fingerprint density at radius 3 is 2.70 bits per heavy atom. The van der Waals surface area contributed by atoms with Crippen molar-refractivity contribution >= 4 is 11.6 Å². The maximum Gasteiger partial charge on any atom is 0.234 e. The number of halogens is 1. The van der Waals surface area contributed by atoms with Crippen LogP contribution in [0.25, 0.3) is 0 Å². The number of nitrogens with one attached hydrogen (secondary N) is 1. The van der Waals surface area contributed by atoms with Crippen LogP contribution in [-0.2, 0) is 4.79 Å². The lowest BCUT2D eigenvalue weighted by atomic mass is 9.97. The Hall–Kier alpha value is -2.39. The molecule has 0 unspecified atom stereocenters. The first kappa shape index (κ1) is 19.4. The molecule has 0 bridgehead atoms. The van der Waals surface area contributed by atoms with E-state index in [1.165, 1.54) is 37.3 Å². The number of nitrogens with zero attached hydrogens (tertiary/aromatic N) is 3. The summed E-state index contributed by atoms with van der Waals surface area (Å²) in [4.78, 5) is 16.2. The van der Waals surface area contributed by atoms with Gasteiger partial charge in [0.25, 0.3) is 0 Å². The fourth-order valence-corrected chi connectivity index (χ4v) is 3.73. The molecule has 0 radical (unpaired) electrons. The average molecular weight is 370 g/mol. The van der Waals surface area contributed by atoms with Gasteiger partial charge in [-0.1, -0.05) is 11.6 Å². The number of anilines is 1. The summed E-state index contributed by atoms with van der Waals surface area (Å²) in [6.07, 6.45) is 8.17. The summed E-state index contributed by atoms with van der Waals surface area (Å²) in [7, 11) is 0. The second kappa shape index (κ2) is 9.52. The van der Waals surface area contributed by atoms with Gasteiger partial charge in [-0.3, -0.25) is 9.69 Å². The van der Waals surface area contributed by atoms with Crippen LogP contribution in [0.1, 0.15) is 37.7 Å². The minimum atomic E-state index is -0.364. The van der Waals surface area contributed by atoms with Crippen molar-refractivity contribution in [1.82, 2.24) is 10.2 Å². The first-order valence-corrected chi connectivity index (χ1v) is 9.77. The van der Waals surface area contributed by atoms with Gasteiger partial charge in [-0.15, -0.1) is 0 Å². The molecule has 0 spiro atoms. The van der Waals surface area contributed by atoms with E-state index in [0.717, 1.165) is 19.5 Å². The Labute approximate surface area is 160 Å². The standard InChI is InChI=1S/C21H27FN4O/c22-19-14-18(15-23)6-7-20(19)26-12-10-25(11-13-26)16-21(27)24-9-8-17-4-2-1-3-5-17/h4,6-7,14H,1-3,5,8-13,16H2,(H,24,27). The molecule has 1 aliphatic heterocycles. The Morgan fingerprint density at radius 1 is 1.22 bits per heavy atom. The van der Waals surface area contributed by atoms with E-state index >= 15 is 0 Å². The van der Waals surface area contributed by atoms with E-state index in [4.69, 9.17) is 5.26 Å². The van der Waals surface area contributed by atoms with Gasteiger partial charge < -0.3 is 10.2 Å². The molecule has 1 fully saturated rings. The quantitative estimate of drug-likeness (QED) is 0.783. The number of nitriles is 1. The molecule has 1 aliphatic carbocycles. The van der Waals surface area contributed by atoms with Gasteiger partial charge in [0.05, 0.1) is 23.9 Å². The number of carbonyl (C=O) groups is 1. The third-order valence-electron chi connectivity index (χ3n) is 5.31. The fourth-order valence-electron chi connectivity index (χ4n) is 3.73. The summed E-state index contributed by atoms with van der Waals surface area (Å²) in [5.74, 6) is -0.304. The van der Waals surface area contributed by atoms with Crippen LogP contribution in [0.4, 0.5) is 10.1 Å². The average Bonchev–Trinajstić information content (AvgIpc) is 2.69. The first-order chi connectivity index (χ1) is 13.2. The summed E-state index contributed by atoms with van der Waals surface area (Å²) in [5, 5.41) is 11.9. The molecule has 1 aromatic carbocycles. The number of piperazine rings is 1. The lowest BCUT2D eigenvalue weighted by molar-refractivity contribution is -0.122. The molecular weight excluding hydrogens is 343 g/mol. The first-order valence-electron chi connectivity index (χ1n) is 9.77. The Bertz CT molecular complexity index is 732. The maximum atomic E-state index is 14.1. The van der Waals surface area contributed by atoms with Crippen molar-refractivity contribution in [3.63, 3.8) is 0 Å². The summed E-state index contributed by atoms with van der Waals surface area (Å²) in [6.45, 7) is 3.88. The topological polar surface area (TPSA) is 59.4 Å². The Balaban J connectivity index is 1.39. The molecule has 1 amide bonds. The van der Waals surface area contributed by atoms with E-state index in [9.17, 15) is 9.18 Å². The van der Waals surface area contributed by atoms with Crippen LogP contribution in [0.5, 0.6) is 0 Å². The van der Waals surface area contributed by atoms with Crippen LogP contribution in [0.3, 0.4) is 0 Å². The van der Waals surface area contributed by atoms with Crippen molar-refractivity contribution in [2.75, 3.05) is 44.2 Å². The van der Waals surface area contributed by atoms with E-state index in [0.29, 0.717) is 37.4 Å². The summed E-state index contributed by atoms with van der Waals surface area (Å²) in [5.41, 5.74) is 2.33. The Kier molecular flexibility index (Phi) is 6.83. The lowest BCUT2D eigenvalue weighted by Gasteiger charge is -2.35. The largest absolute Gasteiger partial charge is 0.367 e. The molecule has 2 aliphatic rings. The highest BCUT2D eigenvalue weighted by Crippen LogP contribution is 2.22. The van der Waals surface area contributed by atoms with Crippen LogP contribution >= 0.6 is 0 Å². The zero-order valence-electron chi connectivity index (χ0n) is 15.7. The SMILES string of the molecule is N#Cc1ccc(N2CCN(CC(=O)NCCC3=CCCCC3)CC2)c(F)c1.